The highest BCUT2D eigenvalue weighted by atomic mass is 16.5. The van der Waals surface area contributed by atoms with Crippen LogP contribution >= 0.6 is 0 Å². The molecule has 5 aliphatic carbocycles. The van der Waals surface area contributed by atoms with Gasteiger partial charge in [-0.25, -0.2) is 4.79 Å². The van der Waals surface area contributed by atoms with Gasteiger partial charge in [0.2, 0.25) is 0 Å². The van der Waals surface area contributed by atoms with Gasteiger partial charge in [0.05, 0.1) is 18.9 Å². The van der Waals surface area contributed by atoms with Crippen molar-refractivity contribution in [2.24, 2.45) is 61.8 Å². The third-order valence-corrected chi connectivity index (χ3v) is 14.6. The van der Waals surface area contributed by atoms with Gasteiger partial charge in [-0.1, -0.05) is 65.0 Å². The molecule has 228 valence electrons. The predicted molar refractivity (Wildman–Crippen MR) is 170 cm³/mol. The lowest BCUT2D eigenvalue weighted by atomic mass is 9.32. The molecule has 0 aromatic heterocycles. The first-order chi connectivity index (χ1) is 19.8. The molecule has 4 heteroatoms. The van der Waals surface area contributed by atoms with Crippen molar-refractivity contribution < 1.29 is 14.7 Å². The Morgan fingerprint density at radius 1 is 0.952 bits per heavy atom. The molecule has 1 aromatic carbocycles. The largest absolute Gasteiger partial charge is 0.465 e. The highest BCUT2D eigenvalue weighted by molar-refractivity contribution is 5.90. The zero-order valence-corrected chi connectivity index (χ0v) is 27.1. The van der Waals surface area contributed by atoms with Gasteiger partial charge in [0.15, 0.2) is 0 Å². The Bertz CT molecular complexity index is 1320. The molecule has 6 rings (SSSR count). The second-order valence-electron chi connectivity index (χ2n) is 16.3. The summed E-state index contributed by atoms with van der Waals surface area (Å²) in [6.07, 6.45) is 15.4. The highest BCUT2D eigenvalue weighted by Crippen LogP contribution is 2.77. The lowest BCUT2D eigenvalue weighted by Crippen LogP contribution is -2.65. The monoisotopic (exact) mass is 571 g/mol. The zero-order valence-electron chi connectivity index (χ0n) is 27.1. The van der Waals surface area contributed by atoms with Gasteiger partial charge in [-0.05, 0) is 139 Å². The predicted octanol–water partition coefficient (Wildman–Crippen LogP) is 9.58. The number of esters is 1. The second-order valence-corrected chi connectivity index (χ2v) is 16.3. The van der Waals surface area contributed by atoms with Crippen LogP contribution in [0.3, 0.4) is 0 Å². The van der Waals surface area contributed by atoms with Gasteiger partial charge in [-0.15, -0.1) is 5.16 Å². The van der Waals surface area contributed by atoms with Crippen LogP contribution in [0, 0.1) is 56.7 Å². The van der Waals surface area contributed by atoms with Gasteiger partial charge in [0, 0.05) is 5.41 Å². The normalized spacial score (nSPS) is 43.9. The van der Waals surface area contributed by atoms with Crippen molar-refractivity contribution in [1.82, 2.24) is 0 Å². The van der Waals surface area contributed by atoms with E-state index < -0.39 is 0 Å². The first-order valence-corrected chi connectivity index (χ1v) is 16.5. The Kier molecular flexibility index (Phi) is 6.95. The maximum atomic E-state index is 12.1. The summed E-state index contributed by atoms with van der Waals surface area (Å²) in [4.78, 5) is 12.1. The third kappa shape index (κ3) is 3.84. The third-order valence-electron chi connectivity index (χ3n) is 14.6. The summed E-state index contributed by atoms with van der Waals surface area (Å²) in [5, 5.41) is 13.5. The summed E-state index contributed by atoms with van der Waals surface area (Å²) in [5.74, 6) is 2.73. The number of rotatable bonds is 4. The molecule has 0 heterocycles. The fraction of sp³-hybridized carbons (Fsp3) is 0.684. The van der Waals surface area contributed by atoms with Crippen LogP contribution < -0.4 is 0 Å². The summed E-state index contributed by atoms with van der Waals surface area (Å²) < 4.78 is 4.93. The van der Waals surface area contributed by atoms with Crippen LogP contribution in [0.1, 0.15) is 115 Å². The Balaban J connectivity index is 1.35. The summed E-state index contributed by atoms with van der Waals surface area (Å²) in [6.45, 7) is 19.6. The highest BCUT2D eigenvalue weighted by Gasteiger charge is 2.70. The van der Waals surface area contributed by atoms with Crippen molar-refractivity contribution in [2.75, 3.05) is 7.11 Å². The van der Waals surface area contributed by atoms with Crippen LogP contribution in [0.4, 0.5) is 0 Å². The number of oxime groups is 1. The molecule has 0 aliphatic heterocycles. The maximum Gasteiger partial charge on any atom is 0.337 e. The van der Waals surface area contributed by atoms with E-state index >= 15 is 0 Å². The summed E-state index contributed by atoms with van der Waals surface area (Å²) in [6, 6.07) is 8.06. The molecular formula is C38H53NO3. The molecule has 0 radical (unpaired) electrons. The van der Waals surface area contributed by atoms with Gasteiger partial charge in [0.1, 0.15) is 0 Å². The topological polar surface area (TPSA) is 58.9 Å². The van der Waals surface area contributed by atoms with E-state index in [0.717, 1.165) is 19.3 Å². The summed E-state index contributed by atoms with van der Waals surface area (Å²) in [7, 11) is 1.44. The minimum atomic E-state index is -0.280. The van der Waals surface area contributed by atoms with Gasteiger partial charge < -0.3 is 9.94 Å². The van der Waals surface area contributed by atoms with Crippen molar-refractivity contribution in [3.63, 3.8) is 0 Å². The van der Waals surface area contributed by atoms with Gasteiger partial charge in [-0.2, -0.15) is 0 Å². The SMILES string of the molecule is C=C(C)[C@@H]1CC[C@]2(C=NO)CC[C@]3(C)[C@H](CC[C@@H]4[C@@]5(C)CC=C(c6ccc(C(=O)OC)cc6)C(C)(C)[C@@H]5CC[C@]43C)[C@@H]12. The number of carbonyl (C=O) groups excluding carboxylic acids is 1. The van der Waals surface area contributed by atoms with E-state index in [4.69, 9.17) is 4.74 Å². The fourth-order valence-corrected chi connectivity index (χ4v) is 12.5. The van der Waals surface area contributed by atoms with E-state index in [1.807, 2.05) is 18.3 Å². The molecule has 4 fully saturated rings. The maximum absolute atomic E-state index is 12.1. The molecule has 0 unspecified atom stereocenters. The van der Waals surface area contributed by atoms with Crippen molar-refractivity contribution in [3.05, 3.63) is 53.6 Å². The standard InChI is InChI=1S/C38H53NO3/c1-24(2)27-15-20-38(23-39-41)22-21-36(6)29(32(27)38)13-14-31-35(5)18-16-28(25-9-11-26(12-10-25)33(40)42-8)34(3,4)30(35)17-19-37(31,36)7/h9-12,16,23,27,29-32,41H,1,13-15,17-22H2,2-8H3/t27-,29+,30-,31+,32+,35-,36+,37+,38+/m0/s1. The van der Waals surface area contributed by atoms with E-state index in [0.29, 0.717) is 35.2 Å². The average molecular weight is 572 g/mol. The number of carbonyl (C=O) groups is 1. The van der Waals surface area contributed by atoms with Crippen molar-refractivity contribution in [1.29, 1.82) is 0 Å². The first-order valence-electron chi connectivity index (χ1n) is 16.5. The number of ether oxygens (including phenoxy) is 1. The molecule has 1 N–H and O–H groups in total. The molecule has 0 amide bonds. The lowest BCUT2D eigenvalue weighted by molar-refractivity contribution is -0.219. The summed E-state index contributed by atoms with van der Waals surface area (Å²) in [5.41, 5.74) is 5.50. The van der Waals surface area contributed by atoms with Crippen LogP contribution in [-0.4, -0.2) is 24.5 Å². The molecule has 4 saturated carbocycles. The van der Waals surface area contributed by atoms with Crippen LogP contribution in [0.2, 0.25) is 0 Å². The molecule has 5 aliphatic rings. The second kappa shape index (κ2) is 9.83. The van der Waals surface area contributed by atoms with Crippen molar-refractivity contribution in [2.45, 2.75) is 99.3 Å². The molecule has 0 saturated heterocycles. The van der Waals surface area contributed by atoms with E-state index in [1.54, 1.807) is 0 Å². The first kappa shape index (κ1) is 29.7. The number of allylic oxidation sites excluding steroid dienone is 3. The minimum Gasteiger partial charge on any atom is -0.465 e. The van der Waals surface area contributed by atoms with Crippen molar-refractivity contribution in [3.8, 4) is 0 Å². The van der Waals surface area contributed by atoms with Crippen LogP contribution in [0.15, 0.2) is 47.6 Å². The Morgan fingerprint density at radius 3 is 2.31 bits per heavy atom. The number of benzene rings is 1. The van der Waals surface area contributed by atoms with E-state index in [9.17, 15) is 10.0 Å². The summed E-state index contributed by atoms with van der Waals surface area (Å²) >= 11 is 0. The van der Waals surface area contributed by atoms with Gasteiger partial charge >= 0.3 is 5.97 Å². The molecule has 1 aromatic rings. The van der Waals surface area contributed by atoms with E-state index in [1.165, 1.54) is 62.3 Å². The smallest absolute Gasteiger partial charge is 0.337 e. The molecule has 0 bridgehead atoms. The molecule has 0 spiro atoms. The number of nitrogens with zero attached hydrogens (tertiary/aromatic N) is 1. The molecule has 4 nitrogen and oxygen atoms in total. The quantitative estimate of drug-likeness (QED) is 0.129. The van der Waals surface area contributed by atoms with Crippen LogP contribution in [-0.2, 0) is 4.74 Å². The Labute approximate surface area is 254 Å². The zero-order chi connectivity index (χ0) is 30.3. The van der Waals surface area contributed by atoms with Crippen LogP contribution in [0.25, 0.3) is 5.57 Å². The van der Waals surface area contributed by atoms with E-state index in [-0.39, 0.29) is 33.0 Å². The van der Waals surface area contributed by atoms with Crippen LogP contribution in [0.5, 0.6) is 0 Å². The Hall–Kier alpha value is -2.36. The lowest BCUT2D eigenvalue weighted by Gasteiger charge is -2.72. The molecule has 9 atom stereocenters. The Morgan fingerprint density at radius 2 is 1.67 bits per heavy atom. The number of hydrogen-bond acceptors (Lipinski definition) is 4. The number of hydrogen-bond donors (Lipinski definition) is 1. The average Bonchev–Trinajstić information content (AvgIpc) is 3.33. The van der Waals surface area contributed by atoms with E-state index in [2.05, 4.69) is 71.5 Å². The molecule has 42 heavy (non-hydrogen) atoms. The fourth-order valence-electron chi connectivity index (χ4n) is 12.5. The molecular weight excluding hydrogens is 518 g/mol. The number of methoxy groups -OCH3 is 1. The number of fused-ring (bicyclic) bond motifs is 7. The van der Waals surface area contributed by atoms with Crippen molar-refractivity contribution >= 4 is 17.8 Å². The van der Waals surface area contributed by atoms with Gasteiger partial charge in [-0.3, -0.25) is 0 Å². The minimum absolute atomic E-state index is 0.0285. The van der Waals surface area contributed by atoms with Gasteiger partial charge in [0.25, 0.3) is 0 Å².